The van der Waals surface area contributed by atoms with Crippen LogP contribution in [0.15, 0.2) is 93.8 Å². The molecule has 0 aliphatic heterocycles. The highest BCUT2D eigenvalue weighted by atomic mass is 16.6. The molecule has 8 amide bonds. The second kappa shape index (κ2) is 31.9. The van der Waals surface area contributed by atoms with Crippen LogP contribution in [0.1, 0.15) is 163 Å². The standard InChI is InChI=1S/C71H84N14O16/c1-12-47-58(98-38(3)76-47)64(91)82-66-79-50-32-40(60(72)87)34-53(95-11)56(50)84(66)29-18-19-30-85-57-51(80-67(85)83-65(92)59-48(13-2)77-39(4)99-59)33-41(61(73)88)35-54(57)96-31-21-28-74-62(89)49(26-20-27-55(86)100-70(5,6)7)78-63(90)52(81-69(94)101-71(8,9)10)36-75-68(93)97-37-46-44-24-16-14-22-42(44)43-23-15-17-25-45(43)46/h14-19,22-25,32-35,46,49,52H,12-13,20-21,26-31,36-37H2,1-11H3,(H2,72,87)(H2,73,88)(H,74,89)(H,75,93)(H,78,90)(H,81,94)(H,79,82,91)(H,80,83,92)/b19-18+/t49-,52-/m1/s1. The zero-order valence-corrected chi connectivity index (χ0v) is 58.2. The van der Waals surface area contributed by atoms with E-state index in [1.807, 2.05) is 62.4 Å². The number of allylic oxidation sites excluding steroid dienone is 2. The molecule has 30 heteroatoms. The van der Waals surface area contributed by atoms with E-state index in [4.69, 9.17) is 49.0 Å². The van der Waals surface area contributed by atoms with Gasteiger partial charge in [-0.25, -0.2) is 29.5 Å². The number of alkyl carbamates (subject to hydrolysis) is 2. The van der Waals surface area contributed by atoms with Crippen LogP contribution >= 0.6 is 0 Å². The number of aromatic nitrogens is 6. The summed E-state index contributed by atoms with van der Waals surface area (Å²) in [7, 11) is 1.40. The number of carbonyl (C=O) groups excluding carboxylic acids is 9. The monoisotopic (exact) mass is 1390 g/mol. The van der Waals surface area contributed by atoms with Gasteiger partial charge in [-0.1, -0.05) is 74.5 Å². The van der Waals surface area contributed by atoms with Gasteiger partial charge in [0.1, 0.15) is 52.4 Å². The zero-order chi connectivity index (χ0) is 73.0. The Morgan fingerprint density at radius 1 is 0.624 bits per heavy atom. The summed E-state index contributed by atoms with van der Waals surface area (Å²) in [5.74, 6) is -4.46. The molecule has 2 atom stereocenters. The number of rotatable bonds is 30. The number of nitrogens with one attached hydrogen (secondary N) is 6. The van der Waals surface area contributed by atoms with Crippen LogP contribution in [0, 0.1) is 13.8 Å². The maximum atomic E-state index is 14.4. The molecule has 534 valence electrons. The van der Waals surface area contributed by atoms with E-state index in [0.29, 0.717) is 29.7 Å². The first kappa shape index (κ1) is 73.7. The van der Waals surface area contributed by atoms with Crippen molar-refractivity contribution in [2.75, 3.05) is 44.0 Å². The molecule has 0 radical (unpaired) electrons. The van der Waals surface area contributed by atoms with E-state index in [0.717, 1.165) is 22.3 Å². The van der Waals surface area contributed by atoms with E-state index in [2.05, 4.69) is 46.9 Å². The van der Waals surface area contributed by atoms with Crippen LogP contribution in [0.4, 0.5) is 21.5 Å². The maximum absolute atomic E-state index is 14.4. The number of fused-ring (bicyclic) bond motifs is 5. The van der Waals surface area contributed by atoms with Crippen molar-refractivity contribution >= 4 is 87.6 Å². The van der Waals surface area contributed by atoms with Crippen LogP contribution in [-0.2, 0) is 54.5 Å². The van der Waals surface area contributed by atoms with Gasteiger partial charge in [0.25, 0.3) is 11.8 Å². The second-order valence-electron chi connectivity index (χ2n) is 25.8. The molecule has 1 aliphatic rings. The average Bonchev–Trinajstić information content (AvgIpc) is 1.64. The molecule has 4 aromatic carbocycles. The van der Waals surface area contributed by atoms with Gasteiger partial charge in [0, 0.05) is 56.9 Å². The minimum atomic E-state index is -1.51. The Balaban J connectivity index is 0.945. The van der Waals surface area contributed by atoms with Crippen molar-refractivity contribution in [3.63, 3.8) is 0 Å². The van der Waals surface area contributed by atoms with E-state index in [9.17, 15) is 43.2 Å². The number of amides is 8. The Hall–Kier alpha value is -11.6. The third-order valence-electron chi connectivity index (χ3n) is 15.9. The molecule has 0 saturated heterocycles. The SMILES string of the molecule is CCc1nc(C)oc1C(=O)Nc1nc2cc(C(N)=O)cc(OC)c2n1C/C=C/Cn1c(NC(=O)c2oc(C)nc2CC)nc2cc(C(N)=O)cc(OCCCNC(=O)[C@@H](CCCC(=O)OC(C)(C)C)NC(=O)[C@@H](CNC(=O)OCC3c4ccccc4-c4ccccc43)NC(=O)OC(C)(C)C)c21. The van der Waals surface area contributed by atoms with Crippen LogP contribution in [0.25, 0.3) is 33.2 Å². The Morgan fingerprint density at radius 3 is 1.64 bits per heavy atom. The van der Waals surface area contributed by atoms with Crippen LogP contribution in [0.2, 0.25) is 0 Å². The van der Waals surface area contributed by atoms with E-state index in [1.54, 1.807) is 76.7 Å². The number of oxazole rings is 2. The minimum absolute atomic E-state index is 0.00235. The highest BCUT2D eigenvalue weighted by Gasteiger charge is 2.33. The first-order valence-corrected chi connectivity index (χ1v) is 33.0. The summed E-state index contributed by atoms with van der Waals surface area (Å²) in [6.45, 7) is 16.2. The number of hydrogen-bond acceptors (Lipinski definition) is 20. The predicted octanol–water partition coefficient (Wildman–Crippen LogP) is 8.38. The zero-order valence-electron chi connectivity index (χ0n) is 58.2. The number of ether oxygens (including phenoxy) is 5. The highest BCUT2D eigenvalue weighted by molar-refractivity contribution is 6.05. The van der Waals surface area contributed by atoms with Gasteiger partial charge in [-0.05, 0) is 120 Å². The van der Waals surface area contributed by atoms with Crippen LogP contribution in [0.3, 0.4) is 0 Å². The first-order chi connectivity index (χ1) is 48.0. The largest absolute Gasteiger partial charge is 0.494 e. The number of nitrogens with two attached hydrogens (primary N) is 2. The van der Waals surface area contributed by atoms with E-state index >= 15 is 0 Å². The molecule has 0 bridgehead atoms. The van der Waals surface area contributed by atoms with Gasteiger partial charge in [-0.3, -0.25) is 44.2 Å². The molecular formula is C71H84N14O16. The summed E-state index contributed by atoms with van der Waals surface area (Å²) in [5.41, 5.74) is 15.8. The van der Waals surface area contributed by atoms with Gasteiger partial charge in [0.15, 0.2) is 11.8 Å². The predicted molar refractivity (Wildman–Crippen MR) is 370 cm³/mol. The van der Waals surface area contributed by atoms with Crippen LogP contribution in [0.5, 0.6) is 11.5 Å². The third kappa shape index (κ3) is 18.4. The number of carbonyl (C=O) groups is 9. The molecule has 101 heavy (non-hydrogen) atoms. The summed E-state index contributed by atoms with van der Waals surface area (Å²) in [4.78, 5) is 140. The van der Waals surface area contributed by atoms with Gasteiger partial charge in [-0.15, -0.1) is 0 Å². The molecule has 0 fully saturated rings. The molecule has 1 aliphatic carbocycles. The highest BCUT2D eigenvalue weighted by Crippen LogP contribution is 2.45. The molecule has 4 aromatic heterocycles. The normalized spacial score (nSPS) is 12.7. The molecular weight excluding hydrogens is 1300 g/mol. The summed E-state index contributed by atoms with van der Waals surface area (Å²) < 4.78 is 43.5. The number of methoxy groups -OCH3 is 1. The van der Waals surface area contributed by atoms with E-state index in [1.165, 1.54) is 31.4 Å². The number of imidazole rings is 2. The number of benzene rings is 4. The van der Waals surface area contributed by atoms with Crippen molar-refractivity contribution in [3.8, 4) is 22.6 Å². The summed E-state index contributed by atoms with van der Waals surface area (Å²) in [5, 5.41) is 16.3. The molecule has 4 heterocycles. The van der Waals surface area contributed by atoms with Gasteiger partial charge >= 0.3 is 18.2 Å². The Kier molecular flexibility index (Phi) is 23.3. The molecule has 30 nitrogen and oxygen atoms in total. The fourth-order valence-electron chi connectivity index (χ4n) is 11.5. The van der Waals surface area contributed by atoms with Gasteiger partial charge in [0.05, 0.1) is 42.7 Å². The molecule has 0 saturated carbocycles. The Labute approximate surface area is 581 Å². The topological polar surface area (TPSA) is 412 Å². The number of nitrogens with zero attached hydrogens (tertiary/aromatic N) is 6. The lowest BCUT2D eigenvalue weighted by Gasteiger charge is -2.25. The van der Waals surface area contributed by atoms with Crippen molar-refractivity contribution in [2.24, 2.45) is 11.5 Å². The van der Waals surface area contributed by atoms with Crippen molar-refractivity contribution in [3.05, 3.63) is 142 Å². The maximum Gasteiger partial charge on any atom is 0.408 e. The third-order valence-corrected chi connectivity index (χ3v) is 15.9. The fraction of sp³-hybridized carbons (Fsp3) is 0.394. The quantitative estimate of drug-likeness (QED) is 0.00906. The van der Waals surface area contributed by atoms with E-state index < -0.39 is 83.4 Å². The number of esters is 1. The van der Waals surface area contributed by atoms with Gasteiger partial charge < -0.3 is 74.4 Å². The van der Waals surface area contributed by atoms with E-state index in [-0.39, 0.29) is 139 Å². The Bertz CT molecular complexity index is 4450. The van der Waals surface area contributed by atoms with Crippen molar-refractivity contribution in [1.82, 2.24) is 50.3 Å². The lowest BCUT2D eigenvalue weighted by molar-refractivity contribution is -0.155. The van der Waals surface area contributed by atoms with Crippen molar-refractivity contribution < 1.29 is 75.7 Å². The van der Waals surface area contributed by atoms with Gasteiger partial charge in [0.2, 0.25) is 47.0 Å². The van der Waals surface area contributed by atoms with Gasteiger partial charge in [-0.2, -0.15) is 0 Å². The average molecular weight is 1390 g/mol. The molecule has 0 unspecified atom stereocenters. The molecule has 9 rings (SSSR count). The molecule has 0 spiro atoms. The van der Waals surface area contributed by atoms with Crippen molar-refractivity contribution in [1.29, 1.82) is 0 Å². The molecule has 10 N–H and O–H groups in total. The lowest BCUT2D eigenvalue weighted by Crippen LogP contribution is -2.57. The fourth-order valence-corrected chi connectivity index (χ4v) is 11.5. The number of aryl methyl sites for hydroxylation is 4. The smallest absolute Gasteiger partial charge is 0.408 e. The second-order valence-corrected chi connectivity index (χ2v) is 25.8. The summed E-state index contributed by atoms with van der Waals surface area (Å²) >= 11 is 0. The van der Waals surface area contributed by atoms with Crippen LogP contribution < -0.4 is 52.8 Å². The Morgan fingerprint density at radius 2 is 1.14 bits per heavy atom. The first-order valence-electron chi connectivity index (χ1n) is 33.0. The lowest BCUT2D eigenvalue weighted by atomic mass is 9.98. The summed E-state index contributed by atoms with van der Waals surface area (Å²) in [6.07, 6.45) is 2.34. The number of hydrogen-bond donors (Lipinski definition) is 8. The van der Waals surface area contributed by atoms with Crippen molar-refractivity contribution in [2.45, 2.75) is 150 Å². The minimum Gasteiger partial charge on any atom is -0.494 e. The molecule has 8 aromatic rings. The summed E-state index contributed by atoms with van der Waals surface area (Å²) in [6, 6.07) is 18.6. The van der Waals surface area contributed by atoms with Crippen LogP contribution in [-0.4, -0.2) is 139 Å². The number of anilines is 2. The number of primary amides is 2.